The Hall–Kier alpha value is -1.90. The Kier molecular flexibility index (Phi) is 18.7. The highest BCUT2D eigenvalue weighted by molar-refractivity contribution is 5.69. The Morgan fingerprint density at radius 2 is 1.35 bits per heavy atom. The van der Waals surface area contributed by atoms with Gasteiger partial charge in [0.1, 0.15) is 6.61 Å². The summed E-state index contributed by atoms with van der Waals surface area (Å²) in [5, 5.41) is 0. The molecule has 1 rings (SSSR count). The molecule has 0 saturated carbocycles. The highest BCUT2D eigenvalue weighted by Crippen LogP contribution is 2.09. The molecule has 31 heavy (non-hydrogen) atoms. The number of unbranched alkanes of at least 4 members (excludes halogenated alkanes) is 12. The lowest BCUT2D eigenvalue weighted by Crippen LogP contribution is -2.04. The lowest BCUT2D eigenvalue weighted by Gasteiger charge is -2.04. The lowest BCUT2D eigenvalue weighted by molar-refractivity contribution is -0.145. The van der Waals surface area contributed by atoms with Gasteiger partial charge in [-0.2, -0.15) is 0 Å². The van der Waals surface area contributed by atoms with Crippen LogP contribution in [0.25, 0.3) is 0 Å². The number of hydrogen-bond donors (Lipinski definition) is 0. The molecule has 1 heterocycles. The summed E-state index contributed by atoms with van der Waals surface area (Å²) in [6, 6.07) is 3.77. The first kappa shape index (κ1) is 27.1. The number of pyridine rings is 1. The van der Waals surface area contributed by atoms with Crippen molar-refractivity contribution in [2.45, 2.75) is 116 Å². The topological polar surface area (TPSA) is 39.2 Å². The van der Waals surface area contributed by atoms with Crippen LogP contribution in [0.15, 0.2) is 48.8 Å². The summed E-state index contributed by atoms with van der Waals surface area (Å²) in [4.78, 5) is 15.8. The highest BCUT2D eigenvalue weighted by atomic mass is 16.5. The molecule has 1 aromatic heterocycles. The van der Waals surface area contributed by atoms with Gasteiger partial charge in [0, 0.05) is 24.4 Å². The van der Waals surface area contributed by atoms with Crippen molar-refractivity contribution in [1.29, 1.82) is 0 Å². The quantitative estimate of drug-likeness (QED) is 0.119. The number of nitrogens with zero attached hydrogens (tertiary/aromatic N) is 1. The van der Waals surface area contributed by atoms with E-state index >= 15 is 0 Å². The lowest BCUT2D eigenvalue weighted by atomic mass is 10.1. The molecule has 174 valence electrons. The van der Waals surface area contributed by atoms with Gasteiger partial charge in [-0.05, 0) is 63.9 Å². The highest BCUT2D eigenvalue weighted by Gasteiger charge is 2.03. The number of carbonyl (C=O) groups is 1. The fraction of sp³-hybridized carbons (Fsp3) is 0.643. The van der Waals surface area contributed by atoms with E-state index in [9.17, 15) is 4.79 Å². The average Bonchev–Trinajstić information content (AvgIpc) is 2.80. The van der Waals surface area contributed by atoms with Gasteiger partial charge in [-0.15, -0.1) is 0 Å². The maximum absolute atomic E-state index is 11.7. The molecule has 0 unspecified atom stereocenters. The molecule has 0 aliphatic rings. The van der Waals surface area contributed by atoms with Gasteiger partial charge in [-0.1, -0.05) is 75.8 Å². The van der Waals surface area contributed by atoms with Crippen molar-refractivity contribution in [2.75, 3.05) is 0 Å². The van der Waals surface area contributed by atoms with E-state index < -0.39 is 0 Å². The van der Waals surface area contributed by atoms with E-state index in [0.29, 0.717) is 13.0 Å². The number of allylic oxidation sites excluding steroid dienone is 4. The normalized spacial score (nSPS) is 11.5. The summed E-state index contributed by atoms with van der Waals surface area (Å²) >= 11 is 0. The molecular weight excluding hydrogens is 382 g/mol. The monoisotopic (exact) mass is 427 g/mol. The summed E-state index contributed by atoms with van der Waals surface area (Å²) in [5.74, 6) is -0.111. The van der Waals surface area contributed by atoms with Gasteiger partial charge in [0.25, 0.3) is 0 Å². The third kappa shape index (κ3) is 18.6. The molecule has 0 spiro atoms. The van der Waals surface area contributed by atoms with Crippen molar-refractivity contribution >= 4 is 5.97 Å². The number of ether oxygens (including phenoxy) is 1. The fourth-order valence-electron chi connectivity index (χ4n) is 3.47. The van der Waals surface area contributed by atoms with Crippen LogP contribution >= 0.6 is 0 Å². The summed E-state index contributed by atoms with van der Waals surface area (Å²) in [5.41, 5.74) is 0.935. The van der Waals surface area contributed by atoms with Gasteiger partial charge in [0.05, 0.1) is 0 Å². The van der Waals surface area contributed by atoms with Crippen molar-refractivity contribution in [3.05, 3.63) is 54.4 Å². The zero-order valence-electron chi connectivity index (χ0n) is 19.9. The third-order valence-corrected chi connectivity index (χ3v) is 5.42. The van der Waals surface area contributed by atoms with Gasteiger partial charge in [0.2, 0.25) is 0 Å². The SMILES string of the molecule is CCCCCCCC/C=C\CCCC/C=C\CCCCCC(=O)OCc1cccnc1. The van der Waals surface area contributed by atoms with E-state index in [1.807, 2.05) is 12.1 Å². The van der Waals surface area contributed by atoms with Crippen molar-refractivity contribution < 1.29 is 9.53 Å². The molecule has 3 heteroatoms. The second-order valence-corrected chi connectivity index (χ2v) is 8.41. The van der Waals surface area contributed by atoms with E-state index in [4.69, 9.17) is 4.74 Å². The molecular formula is C28H45NO2. The second kappa shape index (κ2) is 21.3. The predicted octanol–water partition coefficient (Wildman–Crippen LogP) is 8.50. The molecule has 0 N–H and O–H groups in total. The van der Waals surface area contributed by atoms with Crippen LogP contribution in [0.2, 0.25) is 0 Å². The average molecular weight is 428 g/mol. The van der Waals surface area contributed by atoms with Crippen LogP contribution in [0.1, 0.15) is 115 Å². The second-order valence-electron chi connectivity index (χ2n) is 8.41. The number of rotatable bonds is 20. The maximum atomic E-state index is 11.7. The molecule has 0 fully saturated rings. The molecule has 0 radical (unpaired) electrons. The number of aromatic nitrogens is 1. The molecule has 0 aliphatic heterocycles. The largest absolute Gasteiger partial charge is 0.461 e. The minimum atomic E-state index is -0.111. The molecule has 0 aromatic carbocycles. The molecule has 0 aliphatic carbocycles. The van der Waals surface area contributed by atoms with Gasteiger partial charge < -0.3 is 4.74 Å². The van der Waals surface area contributed by atoms with E-state index in [0.717, 1.165) is 31.2 Å². The molecule has 0 saturated heterocycles. The molecule has 1 aromatic rings. The van der Waals surface area contributed by atoms with E-state index in [1.54, 1.807) is 12.4 Å². The van der Waals surface area contributed by atoms with E-state index in [1.165, 1.54) is 70.6 Å². The number of esters is 1. The van der Waals surface area contributed by atoms with Gasteiger partial charge in [-0.3, -0.25) is 9.78 Å². The van der Waals surface area contributed by atoms with Crippen LogP contribution in [0.4, 0.5) is 0 Å². The van der Waals surface area contributed by atoms with Gasteiger partial charge in [-0.25, -0.2) is 0 Å². The van der Waals surface area contributed by atoms with Crippen LogP contribution in [0.5, 0.6) is 0 Å². The molecule has 0 amide bonds. The first-order valence-electron chi connectivity index (χ1n) is 12.7. The van der Waals surface area contributed by atoms with Crippen molar-refractivity contribution in [3.63, 3.8) is 0 Å². The van der Waals surface area contributed by atoms with E-state index in [-0.39, 0.29) is 5.97 Å². The molecule has 0 bridgehead atoms. The van der Waals surface area contributed by atoms with Crippen LogP contribution in [0, 0.1) is 0 Å². The number of hydrogen-bond acceptors (Lipinski definition) is 3. The maximum Gasteiger partial charge on any atom is 0.306 e. The summed E-state index contributed by atoms with van der Waals surface area (Å²) in [7, 11) is 0. The van der Waals surface area contributed by atoms with Crippen LogP contribution < -0.4 is 0 Å². The van der Waals surface area contributed by atoms with Gasteiger partial charge in [0.15, 0.2) is 0 Å². The minimum absolute atomic E-state index is 0.111. The minimum Gasteiger partial charge on any atom is -0.461 e. The zero-order chi connectivity index (χ0) is 22.2. The van der Waals surface area contributed by atoms with Crippen molar-refractivity contribution in [2.24, 2.45) is 0 Å². The summed E-state index contributed by atoms with van der Waals surface area (Å²) in [6.07, 6.45) is 32.1. The standard InChI is InChI=1S/C28H45NO2/c1-2-3-4-5-6-7-8-9-10-11-12-13-14-15-16-17-18-19-20-23-28(30)31-26-27-22-21-24-29-25-27/h9-10,15-16,21-22,24-25H,2-8,11-14,17-20,23,26H2,1H3/b10-9-,16-15-. The smallest absolute Gasteiger partial charge is 0.306 e. The van der Waals surface area contributed by atoms with Gasteiger partial charge >= 0.3 is 5.97 Å². The van der Waals surface area contributed by atoms with Crippen LogP contribution in [0.3, 0.4) is 0 Å². The Morgan fingerprint density at radius 3 is 1.94 bits per heavy atom. The molecule has 3 nitrogen and oxygen atoms in total. The summed E-state index contributed by atoms with van der Waals surface area (Å²) < 4.78 is 5.27. The number of carbonyl (C=O) groups excluding carboxylic acids is 1. The summed E-state index contributed by atoms with van der Waals surface area (Å²) in [6.45, 7) is 2.60. The zero-order valence-corrected chi connectivity index (χ0v) is 19.9. The predicted molar refractivity (Wildman–Crippen MR) is 132 cm³/mol. The fourth-order valence-corrected chi connectivity index (χ4v) is 3.47. The van der Waals surface area contributed by atoms with Crippen LogP contribution in [-0.2, 0) is 16.1 Å². The Labute approximate surface area is 191 Å². The van der Waals surface area contributed by atoms with Crippen molar-refractivity contribution in [1.82, 2.24) is 4.98 Å². The third-order valence-electron chi connectivity index (χ3n) is 5.42. The Balaban J connectivity index is 1.81. The van der Waals surface area contributed by atoms with Crippen LogP contribution in [-0.4, -0.2) is 11.0 Å². The Bertz CT molecular complexity index is 580. The molecule has 0 atom stereocenters. The Morgan fingerprint density at radius 1 is 0.806 bits per heavy atom. The first-order chi connectivity index (χ1) is 15.3. The van der Waals surface area contributed by atoms with E-state index in [2.05, 4.69) is 36.2 Å². The first-order valence-corrected chi connectivity index (χ1v) is 12.7. The van der Waals surface area contributed by atoms with Crippen molar-refractivity contribution in [3.8, 4) is 0 Å².